The maximum absolute atomic E-state index is 13.0. The fraction of sp³-hybridized carbons (Fsp3) is 0.400. The number of piperidine rings is 1. The molecule has 1 saturated heterocycles. The fourth-order valence-electron chi connectivity index (χ4n) is 3.82. The topological polar surface area (TPSA) is 66.0 Å². The van der Waals surface area contributed by atoms with Crippen molar-refractivity contribution in [3.8, 4) is 0 Å². The van der Waals surface area contributed by atoms with Crippen LogP contribution < -0.4 is 5.32 Å². The van der Waals surface area contributed by atoms with Crippen LogP contribution in [0.5, 0.6) is 0 Å². The van der Waals surface area contributed by atoms with Crippen LogP contribution in [0.1, 0.15) is 42.2 Å². The second-order valence-corrected chi connectivity index (χ2v) is 6.90. The van der Waals surface area contributed by atoms with Crippen LogP contribution >= 0.6 is 0 Å². The van der Waals surface area contributed by atoms with E-state index in [1.54, 1.807) is 0 Å². The second-order valence-electron chi connectivity index (χ2n) is 6.90. The van der Waals surface area contributed by atoms with Gasteiger partial charge in [-0.15, -0.1) is 0 Å². The Bertz CT molecular complexity index is 933. The summed E-state index contributed by atoms with van der Waals surface area (Å²) in [6.07, 6.45) is 4.24. The first-order chi connectivity index (χ1) is 12.7. The van der Waals surface area contributed by atoms with Crippen molar-refractivity contribution in [3.05, 3.63) is 41.6 Å². The molecule has 1 aliphatic rings. The lowest BCUT2D eigenvalue weighted by atomic mass is 10.1. The van der Waals surface area contributed by atoms with E-state index in [4.69, 9.17) is 0 Å². The van der Waals surface area contributed by atoms with E-state index >= 15 is 0 Å². The number of H-pyrrole nitrogens is 1. The molecule has 6 heteroatoms. The molecule has 3 heterocycles. The van der Waals surface area contributed by atoms with Gasteiger partial charge in [-0.05, 0) is 43.9 Å². The molecule has 4 rings (SSSR count). The zero-order valence-corrected chi connectivity index (χ0v) is 15.4. The van der Waals surface area contributed by atoms with Crippen molar-refractivity contribution >= 4 is 28.4 Å². The predicted molar refractivity (Wildman–Crippen MR) is 104 cm³/mol. The van der Waals surface area contributed by atoms with Crippen LogP contribution in [0.2, 0.25) is 0 Å². The van der Waals surface area contributed by atoms with Gasteiger partial charge in [0.15, 0.2) is 5.82 Å². The molecule has 1 aromatic carbocycles. The first kappa shape index (κ1) is 16.7. The minimum absolute atomic E-state index is 0.150. The summed E-state index contributed by atoms with van der Waals surface area (Å²) in [6, 6.07) is 9.99. The van der Waals surface area contributed by atoms with Gasteiger partial charge in [0.05, 0.1) is 11.1 Å². The van der Waals surface area contributed by atoms with E-state index in [0.29, 0.717) is 0 Å². The van der Waals surface area contributed by atoms with E-state index in [1.165, 1.54) is 6.42 Å². The van der Waals surface area contributed by atoms with Gasteiger partial charge in [0.25, 0.3) is 5.91 Å². The lowest BCUT2D eigenvalue weighted by Gasteiger charge is -2.26. The van der Waals surface area contributed by atoms with E-state index in [2.05, 4.69) is 27.0 Å². The van der Waals surface area contributed by atoms with Crippen LogP contribution in [0.4, 0.5) is 11.6 Å². The largest absolute Gasteiger partial charge is 0.339 e. The number of anilines is 2. The molecule has 3 aromatic rings. The Labute approximate surface area is 153 Å². The quantitative estimate of drug-likeness (QED) is 0.751. The first-order valence-corrected chi connectivity index (χ1v) is 9.37. The standard InChI is InChI=1S/C20H25N5O/c1-3-17-15(20(26)25-11-7-4-8-12-25)13-18(24(17)2)21-19-14-9-5-6-10-16(14)22-23-19/h5-6,9-10,13H,3-4,7-8,11-12H2,1-2H3,(H2,21,22,23). The number of para-hydroxylation sites is 1. The SMILES string of the molecule is CCc1c(C(=O)N2CCCCC2)cc(Nc2n[nH]c3ccccc23)n1C. The number of benzene rings is 1. The molecule has 0 bridgehead atoms. The highest BCUT2D eigenvalue weighted by molar-refractivity contribution is 5.97. The monoisotopic (exact) mass is 351 g/mol. The molecule has 0 aliphatic carbocycles. The van der Waals surface area contributed by atoms with E-state index < -0.39 is 0 Å². The Balaban J connectivity index is 1.67. The summed E-state index contributed by atoms with van der Waals surface area (Å²) in [7, 11) is 2.00. The fourth-order valence-corrected chi connectivity index (χ4v) is 3.82. The summed E-state index contributed by atoms with van der Waals surface area (Å²) in [5.74, 6) is 1.82. The number of nitrogens with zero attached hydrogens (tertiary/aromatic N) is 3. The number of amides is 1. The number of hydrogen-bond donors (Lipinski definition) is 2. The number of likely N-dealkylation sites (tertiary alicyclic amines) is 1. The van der Waals surface area contributed by atoms with Crippen molar-refractivity contribution in [3.63, 3.8) is 0 Å². The molecule has 26 heavy (non-hydrogen) atoms. The number of fused-ring (bicyclic) bond motifs is 1. The minimum atomic E-state index is 0.150. The zero-order chi connectivity index (χ0) is 18.1. The summed E-state index contributed by atoms with van der Waals surface area (Å²) in [5.41, 5.74) is 2.85. The molecule has 1 aliphatic heterocycles. The highest BCUT2D eigenvalue weighted by Crippen LogP contribution is 2.28. The van der Waals surface area contributed by atoms with Gasteiger partial charge in [0, 0.05) is 31.2 Å². The molecule has 0 saturated carbocycles. The Morgan fingerprint density at radius 3 is 2.77 bits per heavy atom. The van der Waals surface area contributed by atoms with Crippen molar-refractivity contribution in [2.75, 3.05) is 18.4 Å². The maximum Gasteiger partial charge on any atom is 0.255 e. The van der Waals surface area contributed by atoms with E-state index in [0.717, 1.165) is 66.1 Å². The van der Waals surface area contributed by atoms with Gasteiger partial charge in [0.2, 0.25) is 0 Å². The average Bonchev–Trinajstić information content (AvgIpc) is 3.23. The van der Waals surface area contributed by atoms with Crippen molar-refractivity contribution in [2.24, 2.45) is 7.05 Å². The number of hydrogen-bond acceptors (Lipinski definition) is 3. The van der Waals surface area contributed by atoms with Gasteiger partial charge in [-0.3, -0.25) is 9.89 Å². The van der Waals surface area contributed by atoms with Crippen molar-refractivity contribution in [1.29, 1.82) is 0 Å². The molecular formula is C20H25N5O. The number of aromatic nitrogens is 3. The molecule has 0 atom stereocenters. The van der Waals surface area contributed by atoms with Crippen molar-refractivity contribution in [1.82, 2.24) is 19.7 Å². The summed E-state index contributed by atoms with van der Waals surface area (Å²) >= 11 is 0. The summed E-state index contributed by atoms with van der Waals surface area (Å²) in [6.45, 7) is 3.82. The number of nitrogens with one attached hydrogen (secondary N) is 2. The molecule has 1 amide bonds. The number of rotatable bonds is 4. The molecule has 0 spiro atoms. The first-order valence-electron chi connectivity index (χ1n) is 9.37. The van der Waals surface area contributed by atoms with Gasteiger partial charge < -0.3 is 14.8 Å². The number of aromatic amines is 1. The maximum atomic E-state index is 13.0. The van der Waals surface area contributed by atoms with Crippen molar-refractivity contribution < 1.29 is 4.79 Å². The minimum Gasteiger partial charge on any atom is -0.339 e. The third-order valence-electron chi connectivity index (χ3n) is 5.28. The number of carbonyl (C=O) groups is 1. The Kier molecular flexibility index (Phi) is 4.41. The van der Waals surface area contributed by atoms with E-state index in [-0.39, 0.29) is 5.91 Å². The van der Waals surface area contributed by atoms with E-state index in [9.17, 15) is 4.79 Å². The third kappa shape index (κ3) is 2.85. The van der Waals surface area contributed by atoms with Gasteiger partial charge in [0.1, 0.15) is 5.82 Å². The van der Waals surface area contributed by atoms with Crippen LogP contribution in [-0.2, 0) is 13.5 Å². The molecular weight excluding hydrogens is 326 g/mol. The molecule has 136 valence electrons. The van der Waals surface area contributed by atoms with Gasteiger partial charge in [-0.1, -0.05) is 19.1 Å². The normalized spacial score (nSPS) is 14.8. The zero-order valence-electron chi connectivity index (χ0n) is 15.4. The second kappa shape index (κ2) is 6.86. The smallest absolute Gasteiger partial charge is 0.255 e. The van der Waals surface area contributed by atoms with Gasteiger partial charge in [-0.25, -0.2) is 0 Å². The molecule has 6 nitrogen and oxygen atoms in total. The van der Waals surface area contributed by atoms with Crippen molar-refractivity contribution in [2.45, 2.75) is 32.6 Å². The lowest BCUT2D eigenvalue weighted by Crippen LogP contribution is -2.35. The number of carbonyl (C=O) groups excluding carboxylic acids is 1. The Morgan fingerprint density at radius 1 is 1.23 bits per heavy atom. The highest BCUT2D eigenvalue weighted by atomic mass is 16.2. The summed E-state index contributed by atoms with van der Waals surface area (Å²) in [4.78, 5) is 15.0. The highest BCUT2D eigenvalue weighted by Gasteiger charge is 2.24. The van der Waals surface area contributed by atoms with Crippen LogP contribution in [0.3, 0.4) is 0 Å². The molecule has 2 aromatic heterocycles. The van der Waals surface area contributed by atoms with Crippen LogP contribution in [0.15, 0.2) is 30.3 Å². The van der Waals surface area contributed by atoms with Crippen LogP contribution in [-0.4, -0.2) is 38.7 Å². The third-order valence-corrected chi connectivity index (χ3v) is 5.28. The van der Waals surface area contributed by atoms with Crippen LogP contribution in [0, 0.1) is 0 Å². The average molecular weight is 351 g/mol. The molecule has 2 N–H and O–H groups in total. The van der Waals surface area contributed by atoms with Gasteiger partial charge >= 0.3 is 0 Å². The Hall–Kier alpha value is -2.76. The summed E-state index contributed by atoms with van der Waals surface area (Å²) in [5, 5.41) is 11.9. The molecule has 1 fully saturated rings. The van der Waals surface area contributed by atoms with Gasteiger partial charge in [-0.2, -0.15) is 5.10 Å². The van der Waals surface area contributed by atoms with E-state index in [1.807, 2.05) is 42.3 Å². The molecule has 0 unspecified atom stereocenters. The lowest BCUT2D eigenvalue weighted by molar-refractivity contribution is 0.0723. The summed E-state index contributed by atoms with van der Waals surface area (Å²) < 4.78 is 2.07. The molecule has 0 radical (unpaired) electrons. The predicted octanol–water partition coefficient (Wildman–Crippen LogP) is 3.83. The Morgan fingerprint density at radius 2 is 2.00 bits per heavy atom. The van der Waals surface area contributed by atoms with Crippen LogP contribution in [0.25, 0.3) is 10.9 Å².